The first-order chi connectivity index (χ1) is 9.09. The maximum atomic E-state index is 12.1. The number of carbonyl (C=O) groups excluding carboxylic acids is 1. The van der Waals surface area contributed by atoms with Crippen molar-refractivity contribution < 1.29 is 4.79 Å². The van der Waals surface area contributed by atoms with Crippen LogP contribution in [0.3, 0.4) is 0 Å². The van der Waals surface area contributed by atoms with Gasteiger partial charge < -0.3 is 11.1 Å². The van der Waals surface area contributed by atoms with Gasteiger partial charge in [-0.15, -0.1) is 0 Å². The number of amides is 1. The Balaban J connectivity index is 2.21. The summed E-state index contributed by atoms with van der Waals surface area (Å²) in [5.41, 5.74) is 7.74. The molecule has 0 aliphatic heterocycles. The zero-order valence-corrected chi connectivity index (χ0v) is 11.2. The van der Waals surface area contributed by atoms with Crippen LogP contribution >= 0.6 is 12.2 Å². The second-order valence-corrected chi connectivity index (χ2v) is 4.60. The standard InChI is InChI=1S/C13H14N4OS/c1-8-10(7-15-17-8)13(18)16-11(12(14)19)9-5-3-2-4-6-9/h2-7,11H,1H3,(H2,14,19)(H,15,17)(H,16,18). The lowest BCUT2D eigenvalue weighted by Crippen LogP contribution is -2.36. The maximum absolute atomic E-state index is 12.1. The molecule has 1 amide bonds. The molecule has 2 aromatic rings. The lowest BCUT2D eigenvalue weighted by atomic mass is 10.1. The van der Waals surface area contributed by atoms with E-state index < -0.39 is 6.04 Å². The highest BCUT2D eigenvalue weighted by Crippen LogP contribution is 2.14. The molecule has 1 unspecified atom stereocenters. The quantitative estimate of drug-likeness (QED) is 0.737. The minimum absolute atomic E-state index is 0.223. The van der Waals surface area contributed by atoms with E-state index in [1.54, 1.807) is 6.92 Å². The van der Waals surface area contributed by atoms with Crippen molar-refractivity contribution in [1.29, 1.82) is 0 Å². The van der Waals surface area contributed by atoms with Gasteiger partial charge in [-0.25, -0.2) is 0 Å². The minimum Gasteiger partial charge on any atom is -0.391 e. The second kappa shape index (κ2) is 5.62. The molecule has 0 aliphatic carbocycles. The number of rotatable bonds is 4. The number of nitrogens with one attached hydrogen (secondary N) is 2. The van der Waals surface area contributed by atoms with Crippen LogP contribution in [0.25, 0.3) is 0 Å². The molecule has 0 saturated heterocycles. The smallest absolute Gasteiger partial charge is 0.255 e. The molecule has 4 N–H and O–H groups in total. The predicted molar refractivity (Wildman–Crippen MR) is 76.8 cm³/mol. The summed E-state index contributed by atoms with van der Waals surface area (Å²) in [6.45, 7) is 1.78. The van der Waals surface area contributed by atoms with Gasteiger partial charge in [0.25, 0.3) is 5.91 Å². The van der Waals surface area contributed by atoms with Gasteiger partial charge in [0.2, 0.25) is 0 Å². The molecular formula is C13H14N4OS. The first-order valence-electron chi connectivity index (χ1n) is 5.74. The Bertz CT molecular complexity index is 594. The van der Waals surface area contributed by atoms with Gasteiger partial charge in [0, 0.05) is 5.69 Å². The molecule has 0 spiro atoms. The lowest BCUT2D eigenvalue weighted by molar-refractivity contribution is 0.0946. The van der Waals surface area contributed by atoms with Crippen LogP contribution in [-0.2, 0) is 0 Å². The lowest BCUT2D eigenvalue weighted by Gasteiger charge is -2.17. The summed E-state index contributed by atoms with van der Waals surface area (Å²) in [5, 5.41) is 9.35. The van der Waals surface area contributed by atoms with E-state index in [0.29, 0.717) is 11.3 Å². The number of aromatic amines is 1. The second-order valence-electron chi connectivity index (χ2n) is 4.13. The molecule has 1 aromatic carbocycles. The number of aryl methyl sites for hydroxylation is 1. The van der Waals surface area contributed by atoms with E-state index in [0.717, 1.165) is 5.56 Å². The summed E-state index contributed by atoms with van der Waals surface area (Å²) in [6.07, 6.45) is 1.48. The van der Waals surface area contributed by atoms with E-state index in [1.165, 1.54) is 6.20 Å². The highest BCUT2D eigenvalue weighted by Gasteiger charge is 2.19. The Morgan fingerprint density at radius 2 is 2.11 bits per heavy atom. The van der Waals surface area contributed by atoms with Gasteiger partial charge in [-0.1, -0.05) is 42.5 Å². The van der Waals surface area contributed by atoms with Crippen LogP contribution in [0.15, 0.2) is 36.5 Å². The number of carbonyl (C=O) groups is 1. The SMILES string of the molecule is Cc1[nH]ncc1C(=O)NC(C(N)=S)c1ccccc1. The fraction of sp³-hybridized carbons (Fsp3) is 0.154. The molecule has 6 heteroatoms. The van der Waals surface area contributed by atoms with Crippen LogP contribution in [0.1, 0.15) is 27.7 Å². The highest BCUT2D eigenvalue weighted by atomic mass is 32.1. The normalized spacial score (nSPS) is 11.8. The Kier molecular flexibility index (Phi) is 3.91. The van der Waals surface area contributed by atoms with Gasteiger partial charge in [0.15, 0.2) is 0 Å². The van der Waals surface area contributed by atoms with E-state index in [2.05, 4.69) is 15.5 Å². The van der Waals surface area contributed by atoms with E-state index in [1.807, 2.05) is 30.3 Å². The van der Waals surface area contributed by atoms with Crippen molar-refractivity contribution in [3.63, 3.8) is 0 Å². The van der Waals surface area contributed by atoms with Crippen LogP contribution in [-0.4, -0.2) is 21.1 Å². The molecule has 0 saturated carbocycles. The monoisotopic (exact) mass is 274 g/mol. The number of hydrogen-bond acceptors (Lipinski definition) is 3. The fourth-order valence-corrected chi connectivity index (χ4v) is 1.95. The molecule has 0 bridgehead atoms. The number of aromatic nitrogens is 2. The Hall–Kier alpha value is -2.21. The topological polar surface area (TPSA) is 83.8 Å². The first kappa shape index (κ1) is 13.2. The first-order valence-corrected chi connectivity index (χ1v) is 6.15. The number of thiocarbonyl (C=S) groups is 1. The van der Waals surface area contributed by atoms with Crippen molar-refractivity contribution in [2.75, 3.05) is 0 Å². The molecule has 1 heterocycles. The molecule has 5 nitrogen and oxygen atoms in total. The van der Waals surface area contributed by atoms with Crippen molar-refractivity contribution in [3.05, 3.63) is 53.3 Å². The van der Waals surface area contributed by atoms with Crippen LogP contribution in [0.5, 0.6) is 0 Å². The zero-order chi connectivity index (χ0) is 13.8. The van der Waals surface area contributed by atoms with E-state index in [9.17, 15) is 4.79 Å². The van der Waals surface area contributed by atoms with Crippen molar-refractivity contribution in [2.24, 2.45) is 5.73 Å². The summed E-state index contributed by atoms with van der Waals surface area (Å²) in [6, 6.07) is 8.88. The summed E-state index contributed by atoms with van der Waals surface area (Å²) in [4.78, 5) is 12.4. The van der Waals surface area contributed by atoms with Gasteiger partial charge in [-0.2, -0.15) is 5.10 Å². The van der Waals surface area contributed by atoms with E-state index in [4.69, 9.17) is 18.0 Å². The number of hydrogen-bond donors (Lipinski definition) is 3. The summed E-state index contributed by atoms with van der Waals surface area (Å²) < 4.78 is 0. The molecule has 1 aromatic heterocycles. The fourth-order valence-electron chi connectivity index (χ4n) is 1.75. The minimum atomic E-state index is -0.488. The van der Waals surface area contributed by atoms with Crippen LogP contribution in [0, 0.1) is 6.92 Å². The molecule has 19 heavy (non-hydrogen) atoms. The third-order valence-electron chi connectivity index (χ3n) is 2.77. The number of nitrogens with two attached hydrogens (primary N) is 1. The van der Waals surface area contributed by atoms with Crippen molar-refractivity contribution in [2.45, 2.75) is 13.0 Å². The maximum Gasteiger partial charge on any atom is 0.255 e. The predicted octanol–water partition coefficient (Wildman–Crippen LogP) is 1.48. The Morgan fingerprint density at radius 1 is 1.42 bits per heavy atom. The molecule has 0 aliphatic rings. The summed E-state index contributed by atoms with van der Waals surface area (Å²) in [5.74, 6) is -0.257. The summed E-state index contributed by atoms with van der Waals surface area (Å²) >= 11 is 5.02. The Labute approximate surface area is 116 Å². The van der Waals surface area contributed by atoms with Crippen LogP contribution in [0.2, 0.25) is 0 Å². The van der Waals surface area contributed by atoms with Gasteiger partial charge in [-0.3, -0.25) is 9.89 Å². The van der Waals surface area contributed by atoms with Crippen molar-refractivity contribution in [3.8, 4) is 0 Å². The number of H-pyrrole nitrogens is 1. The molecule has 98 valence electrons. The zero-order valence-electron chi connectivity index (χ0n) is 10.4. The van der Waals surface area contributed by atoms with Gasteiger partial charge in [0.1, 0.15) is 11.0 Å². The molecule has 0 fully saturated rings. The van der Waals surface area contributed by atoms with Gasteiger partial charge in [-0.05, 0) is 12.5 Å². The molecule has 1 atom stereocenters. The van der Waals surface area contributed by atoms with Gasteiger partial charge >= 0.3 is 0 Å². The van der Waals surface area contributed by atoms with Gasteiger partial charge in [0.05, 0.1) is 11.8 Å². The third-order valence-corrected chi connectivity index (χ3v) is 3.00. The Morgan fingerprint density at radius 3 is 2.63 bits per heavy atom. The van der Waals surface area contributed by atoms with Crippen LogP contribution in [0.4, 0.5) is 0 Å². The van der Waals surface area contributed by atoms with Crippen molar-refractivity contribution >= 4 is 23.1 Å². The number of nitrogens with zero attached hydrogens (tertiary/aromatic N) is 1. The van der Waals surface area contributed by atoms with E-state index in [-0.39, 0.29) is 10.9 Å². The highest BCUT2D eigenvalue weighted by molar-refractivity contribution is 7.80. The van der Waals surface area contributed by atoms with Crippen LogP contribution < -0.4 is 11.1 Å². The molecule has 0 radical (unpaired) electrons. The number of benzene rings is 1. The molecule has 2 rings (SSSR count). The third kappa shape index (κ3) is 2.97. The van der Waals surface area contributed by atoms with E-state index >= 15 is 0 Å². The summed E-state index contributed by atoms with van der Waals surface area (Å²) in [7, 11) is 0. The average molecular weight is 274 g/mol. The average Bonchev–Trinajstić information content (AvgIpc) is 2.82. The van der Waals surface area contributed by atoms with Crippen molar-refractivity contribution in [1.82, 2.24) is 15.5 Å². The largest absolute Gasteiger partial charge is 0.391 e. The molecular weight excluding hydrogens is 260 g/mol.